The third-order valence-corrected chi connectivity index (χ3v) is 1.43. The number of hydrogen-bond acceptors (Lipinski definition) is 1. The van der Waals surface area contributed by atoms with Crippen LogP contribution < -0.4 is 0 Å². The van der Waals surface area contributed by atoms with Crippen molar-refractivity contribution in [2.45, 2.75) is 13.8 Å². The molecule has 0 atom stereocenters. The van der Waals surface area contributed by atoms with Gasteiger partial charge in [0.2, 0.25) is 0 Å². The lowest BCUT2D eigenvalue weighted by Gasteiger charge is -2.08. The normalized spacial score (nSPS) is 8.31. The van der Waals surface area contributed by atoms with Gasteiger partial charge in [0.05, 0.1) is 0 Å². The minimum Gasteiger partial charge on any atom is -0.345 e. The summed E-state index contributed by atoms with van der Waals surface area (Å²) in [6.07, 6.45) is 0. The summed E-state index contributed by atoms with van der Waals surface area (Å²) in [5.74, 6) is 0.0469. The first-order valence-corrected chi connectivity index (χ1v) is 4.48. The standard InChI is InChI=1S/C9H11NO.C2H6/c1-10(2)9(11)8-6-4-3-5-7-8;1-2/h3-7H,1-2H3;1-2H3. The van der Waals surface area contributed by atoms with E-state index in [2.05, 4.69) is 0 Å². The summed E-state index contributed by atoms with van der Waals surface area (Å²) in [5, 5.41) is 0. The Hall–Kier alpha value is -1.31. The maximum atomic E-state index is 11.3. The van der Waals surface area contributed by atoms with Crippen molar-refractivity contribution in [1.29, 1.82) is 0 Å². The van der Waals surface area contributed by atoms with E-state index in [0.29, 0.717) is 0 Å². The van der Waals surface area contributed by atoms with Gasteiger partial charge in [-0.2, -0.15) is 0 Å². The van der Waals surface area contributed by atoms with E-state index in [1.807, 2.05) is 44.2 Å². The van der Waals surface area contributed by atoms with Crippen molar-refractivity contribution < 1.29 is 4.79 Å². The zero-order chi connectivity index (χ0) is 10.3. The summed E-state index contributed by atoms with van der Waals surface area (Å²) in [6.45, 7) is 4.00. The van der Waals surface area contributed by atoms with E-state index in [-0.39, 0.29) is 5.91 Å². The maximum absolute atomic E-state index is 11.3. The van der Waals surface area contributed by atoms with Crippen LogP contribution in [-0.4, -0.2) is 24.9 Å². The van der Waals surface area contributed by atoms with Crippen LogP contribution in [0, 0.1) is 0 Å². The first-order valence-electron chi connectivity index (χ1n) is 4.48. The number of amides is 1. The highest BCUT2D eigenvalue weighted by Crippen LogP contribution is 2.00. The van der Waals surface area contributed by atoms with E-state index in [0.717, 1.165) is 5.56 Å². The number of rotatable bonds is 1. The molecule has 0 aliphatic carbocycles. The molecule has 0 saturated heterocycles. The molecular formula is C11H17NO. The van der Waals surface area contributed by atoms with Crippen LogP contribution >= 0.6 is 0 Å². The molecule has 1 aromatic rings. The Bertz CT molecular complexity index is 242. The molecule has 0 aromatic heterocycles. The van der Waals surface area contributed by atoms with Crippen LogP contribution in [0.1, 0.15) is 24.2 Å². The predicted molar refractivity (Wildman–Crippen MR) is 55.8 cm³/mol. The Labute approximate surface area is 80.2 Å². The van der Waals surface area contributed by atoms with Crippen molar-refractivity contribution in [1.82, 2.24) is 4.90 Å². The number of carbonyl (C=O) groups is 1. The lowest BCUT2D eigenvalue weighted by Crippen LogP contribution is -2.21. The van der Waals surface area contributed by atoms with E-state index >= 15 is 0 Å². The van der Waals surface area contributed by atoms with Crippen molar-refractivity contribution in [3.8, 4) is 0 Å². The second-order valence-electron chi connectivity index (χ2n) is 2.57. The van der Waals surface area contributed by atoms with Crippen LogP contribution in [0.2, 0.25) is 0 Å². The molecule has 2 heteroatoms. The van der Waals surface area contributed by atoms with Gasteiger partial charge in [-0.15, -0.1) is 0 Å². The Morgan fingerprint density at radius 3 is 1.92 bits per heavy atom. The van der Waals surface area contributed by atoms with Crippen LogP contribution in [0.5, 0.6) is 0 Å². The second-order valence-corrected chi connectivity index (χ2v) is 2.57. The molecule has 1 rings (SSSR count). The summed E-state index contributed by atoms with van der Waals surface area (Å²) in [4.78, 5) is 12.8. The summed E-state index contributed by atoms with van der Waals surface area (Å²) < 4.78 is 0. The SMILES string of the molecule is CC.CN(C)C(=O)c1ccccc1. The summed E-state index contributed by atoms with van der Waals surface area (Å²) in [5.41, 5.74) is 0.734. The Morgan fingerprint density at radius 1 is 1.08 bits per heavy atom. The van der Waals surface area contributed by atoms with E-state index in [4.69, 9.17) is 0 Å². The molecule has 13 heavy (non-hydrogen) atoms. The largest absolute Gasteiger partial charge is 0.345 e. The first-order chi connectivity index (χ1) is 6.22. The van der Waals surface area contributed by atoms with Gasteiger partial charge in [-0.25, -0.2) is 0 Å². The van der Waals surface area contributed by atoms with Gasteiger partial charge in [0.25, 0.3) is 5.91 Å². The second kappa shape index (κ2) is 6.23. The zero-order valence-electron chi connectivity index (χ0n) is 8.74. The van der Waals surface area contributed by atoms with Crippen molar-refractivity contribution in [2.24, 2.45) is 0 Å². The van der Waals surface area contributed by atoms with Gasteiger partial charge < -0.3 is 4.90 Å². The topological polar surface area (TPSA) is 20.3 Å². The molecule has 2 nitrogen and oxygen atoms in total. The molecule has 0 aliphatic rings. The molecule has 0 spiro atoms. The fourth-order valence-electron chi connectivity index (χ4n) is 0.839. The fourth-order valence-corrected chi connectivity index (χ4v) is 0.839. The first kappa shape index (κ1) is 11.7. The van der Waals surface area contributed by atoms with Crippen LogP contribution in [0.15, 0.2) is 30.3 Å². The molecule has 0 fully saturated rings. The molecule has 0 aliphatic heterocycles. The van der Waals surface area contributed by atoms with Gasteiger partial charge in [-0.1, -0.05) is 32.0 Å². The Morgan fingerprint density at radius 2 is 1.54 bits per heavy atom. The molecule has 0 bridgehead atoms. The average molecular weight is 179 g/mol. The van der Waals surface area contributed by atoms with Gasteiger partial charge in [-0.3, -0.25) is 4.79 Å². The van der Waals surface area contributed by atoms with Crippen molar-refractivity contribution in [3.63, 3.8) is 0 Å². The molecule has 0 heterocycles. The molecule has 0 saturated carbocycles. The van der Waals surface area contributed by atoms with E-state index in [1.165, 1.54) is 0 Å². The summed E-state index contributed by atoms with van der Waals surface area (Å²) in [7, 11) is 3.49. The van der Waals surface area contributed by atoms with E-state index in [9.17, 15) is 4.79 Å². The Balaban J connectivity index is 0.000000671. The minimum absolute atomic E-state index is 0.0469. The lowest BCUT2D eigenvalue weighted by atomic mass is 10.2. The third kappa shape index (κ3) is 3.74. The van der Waals surface area contributed by atoms with Gasteiger partial charge in [0.15, 0.2) is 0 Å². The highest BCUT2D eigenvalue weighted by atomic mass is 16.2. The quantitative estimate of drug-likeness (QED) is 0.648. The van der Waals surface area contributed by atoms with Gasteiger partial charge in [-0.05, 0) is 12.1 Å². The number of hydrogen-bond donors (Lipinski definition) is 0. The number of carbonyl (C=O) groups excluding carboxylic acids is 1. The maximum Gasteiger partial charge on any atom is 0.253 e. The van der Waals surface area contributed by atoms with Gasteiger partial charge in [0, 0.05) is 19.7 Å². The van der Waals surface area contributed by atoms with Crippen LogP contribution in [0.4, 0.5) is 0 Å². The highest BCUT2D eigenvalue weighted by molar-refractivity contribution is 5.93. The third-order valence-electron chi connectivity index (χ3n) is 1.43. The van der Waals surface area contributed by atoms with Crippen molar-refractivity contribution in [2.75, 3.05) is 14.1 Å². The molecule has 1 amide bonds. The molecular weight excluding hydrogens is 162 g/mol. The molecule has 0 N–H and O–H groups in total. The average Bonchev–Trinajstić information content (AvgIpc) is 2.21. The van der Waals surface area contributed by atoms with Crippen LogP contribution in [-0.2, 0) is 0 Å². The predicted octanol–water partition coefficient (Wildman–Crippen LogP) is 2.41. The van der Waals surface area contributed by atoms with E-state index in [1.54, 1.807) is 19.0 Å². The van der Waals surface area contributed by atoms with Gasteiger partial charge >= 0.3 is 0 Å². The minimum atomic E-state index is 0.0469. The summed E-state index contributed by atoms with van der Waals surface area (Å²) in [6, 6.07) is 9.23. The van der Waals surface area contributed by atoms with Crippen molar-refractivity contribution in [3.05, 3.63) is 35.9 Å². The van der Waals surface area contributed by atoms with Crippen LogP contribution in [0.3, 0.4) is 0 Å². The molecule has 0 radical (unpaired) electrons. The molecule has 1 aromatic carbocycles. The highest BCUT2D eigenvalue weighted by Gasteiger charge is 2.04. The monoisotopic (exact) mass is 179 g/mol. The Kier molecular flexibility index (Phi) is 5.60. The zero-order valence-corrected chi connectivity index (χ0v) is 8.74. The summed E-state index contributed by atoms with van der Waals surface area (Å²) >= 11 is 0. The molecule has 0 unspecified atom stereocenters. The van der Waals surface area contributed by atoms with Gasteiger partial charge in [0.1, 0.15) is 0 Å². The molecule has 72 valence electrons. The lowest BCUT2D eigenvalue weighted by molar-refractivity contribution is 0.0827. The number of nitrogens with zero attached hydrogens (tertiary/aromatic N) is 1. The van der Waals surface area contributed by atoms with E-state index < -0.39 is 0 Å². The fraction of sp³-hybridized carbons (Fsp3) is 0.364. The smallest absolute Gasteiger partial charge is 0.253 e. The number of benzene rings is 1. The van der Waals surface area contributed by atoms with Crippen molar-refractivity contribution >= 4 is 5.91 Å². The van der Waals surface area contributed by atoms with Crippen LogP contribution in [0.25, 0.3) is 0 Å².